The number of nitrogens with two attached hydrogens (primary N) is 1. The molecule has 1 atom stereocenters. The van der Waals surface area contributed by atoms with Gasteiger partial charge in [0.05, 0.1) is 26.0 Å². The fraction of sp³-hybridized carbons (Fsp3) is 0.286. The highest BCUT2D eigenvalue weighted by atomic mass is 16.5. The van der Waals surface area contributed by atoms with Gasteiger partial charge in [-0.25, -0.2) is 4.98 Å². The number of nitrogens with one attached hydrogen (secondary N) is 2. The first-order valence-corrected chi connectivity index (χ1v) is 12.9. The van der Waals surface area contributed by atoms with E-state index in [0.717, 1.165) is 36.3 Å². The summed E-state index contributed by atoms with van der Waals surface area (Å²) in [5.41, 5.74) is 12.9. The molecule has 6 rings (SSSR count). The lowest BCUT2D eigenvalue weighted by Crippen LogP contribution is -2.52. The maximum atomic E-state index is 6.00. The van der Waals surface area contributed by atoms with Crippen LogP contribution in [0.1, 0.15) is 22.3 Å². The van der Waals surface area contributed by atoms with Crippen LogP contribution in [0, 0.1) is 0 Å². The van der Waals surface area contributed by atoms with Crippen LogP contribution in [-0.4, -0.2) is 62.5 Å². The van der Waals surface area contributed by atoms with Crippen LogP contribution in [0.5, 0.6) is 0 Å². The van der Waals surface area contributed by atoms with Gasteiger partial charge in [-0.1, -0.05) is 42.5 Å². The van der Waals surface area contributed by atoms with Crippen molar-refractivity contribution in [1.29, 1.82) is 0 Å². The first-order chi connectivity index (χ1) is 18.7. The third-order valence-electron chi connectivity index (χ3n) is 6.78. The molecule has 1 aliphatic rings. The number of H-pyrrole nitrogens is 1. The molecule has 1 aliphatic heterocycles. The van der Waals surface area contributed by atoms with Crippen LogP contribution in [0.2, 0.25) is 0 Å². The van der Waals surface area contributed by atoms with Crippen molar-refractivity contribution in [2.75, 3.05) is 36.9 Å². The van der Waals surface area contributed by atoms with Crippen LogP contribution < -0.4 is 16.0 Å². The van der Waals surface area contributed by atoms with Crippen molar-refractivity contribution < 1.29 is 4.74 Å². The van der Waals surface area contributed by atoms with Gasteiger partial charge in [0, 0.05) is 44.0 Å². The number of piperazine rings is 1. The summed E-state index contributed by atoms with van der Waals surface area (Å²) in [4.78, 5) is 6.65. The number of nitrogen functional groups attached to an aromatic ring is 1. The first kappa shape index (κ1) is 24.1. The van der Waals surface area contributed by atoms with E-state index in [-0.39, 0.29) is 0 Å². The minimum atomic E-state index is 0.295. The largest absolute Gasteiger partial charge is 0.384 e. The second-order valence-corrected chi connectivity index (χ2v) is 9.69. The quantitative estimate of drug-likeness (QED) is 0.277. The van der Waals surface area contributed by atoms with Crippen LogP contribution in [-0.2, 0) is 24.3 Å². The molecule has 4 N–H and O–H groups in total. The molecule has 0 aliphatic carbocycles. The zero-order chi connectivity index (χ0) is 25.7. The summed E-state index contributed by atoms with van der Waals surface area (Å²) < 4.78 is 7.97. The molecule has 0 spiro atoms. The number of ether oxygens (including phenoxy) is 1. The summed E-state index contributed by atoms with van der Waals surface area (Å²) in [6.45, 7) is 4.83. The van der Waals surface area contributed by atoms with E-state index < -0.39 is 0 Å². The predicted octanol–water partition coefficient (Wildman–Crippen LogP) is 2.77. The molecule has 4 heterocycles. The third kappa shape index (κ3) is 5.66. The zero-order valence-corrected chi connectivity index (χ0v) is 21.1. The van der Waals surface area contributed by atoms with Gasteiger partial charge in [0.15, 0.2) is 0 Å². The predicted molar refractivity (Wildman–Crippen MR) is 147 cm³/mol. The van der Waals surface area contributed by atoms with Crippen molar-refractivity contribution >= 4 is 22.7 Å². The number of hydrogen-bond donors (Lipinski definition) is 3. The van der Waals surface area contributed by atoms with E-state index in [2.05, 4.69) is 78.3 Å². The monoisotopic (exact) mass is 509 g/mol. The van der Waals surface area contributed by atoms with Gasteiger partial charge in [-0.3, -0.25) is 4.68 Å². The Labute approximate surface area is 220 Å². The van der Waals surface area contributed by atoms with Crippen LogP contribution in [0.3, 0.4) is 0 Å². The normalized spacial score (nSPS) is 15.8. The van der Waals surface area contributed by atoms with E-state index in [1.165, 1.54) is 16.8 Å². The summed E-state index contributed by atoms with van der Waals surface area (Å²) in [5, 5.41) is 19.1. The first-order valence-electron chi connectivity index (χ1n) is 12.9. The van der Waals surface area contributed by atoms with Gasteiger partial charge in [0.1, 0.15) is 11.3 Å². The Bertz CT molecular complexity index is 1500. The summed E-state index contributed by atoms with van der Waals surface area (Å²) in [6, 6.07) is 21.2. The maximum Gasteiger partial charge on any atom is 0.203 e. The van der Waals surface area contributed by atoms with E-state index in [1.807, 2.05) is 35.1 Å². The third-order valence-corrected chi connectivity index (χ3v) is 6.78. The molecule has 194 valence electrons. The molecule has 1 fully saturated rings. The van der Waals surface area contributed by atoms with Crippen LogP contribution in [0.15, 0.2) is 73.1 Å². The topological polar surface area (TPSA) is 123 Å². The Hall–Kier alpha value is -4.28. The molecule has 0 unspecified atom stereocenters. The van der Waals surface area contributed by atoms with Gasteiger partial charge in [-0.15, -0.1) is 5.10 Å². The number of fused-ring (bicyclic) bond motifs is 1. The number of benzene rings is 2. The molecular weight excluding hydrogens is 478 g/mol. The lowest BCUT2D eigenvalue weighted by Gasteiger charge is -2.35. The molecule has 0 saturated carbocycles. The molecule has 2 aromatic carbocycles. The molecule has 0 bridgehead atoms. The summed E-state index contributed by atoms with van der Waals surface area (Å²) in [5.74, 6) is 0.434. The van der Waals surface area contributed by atoms with Gasteiger partial charge in [0.25, 0.3) is 0 Å². The van der Waals surface area contributed by atoms with Crippen LogP contribution in [0.4, 0.5) is 11.5 Å². The number of anilines is 2. The molecule has 0 amide bonds. The molecule has 0 radical (unpaired) electrons. The van der Waals surface area contributed by atoms with E-state index >= 15 is 0 Å². The van der Waals surface area contributed by atoms with E-state index in [1.54, 1.807) is 0 Å². The average molecular weight is 510 g/mol. The number of rotatable bonds is 9. The fourth-order valence-corrected chi connectivity index (χ4v) is 4.96. The van der Waals surface area contributed by atoms with Gasteiger partial charge >= 0.3 is 0 Å². The Morgan fingerprint density at radius 1 is 1.00 bits per heavy atom. The van der Waals surface area contributed by atoms with Crippen LogP contribution in [0.25, 0.3) is 11.2 Å². The molecule has 1 saturated heterocycles. The second kappa shape index (κ2) is 11.0. The Kier molecular flexibility index (Phi) is 6.97. The highest BCUT2D eigenvalue weighted by Crippen LogP contribution is 2.21. The number of aromatic amines is 1. The highest BCUT2D eigenvalue weighted by molar-refractivity contribution is 5.76. The minimum absolute atomic E-state index is 0.295. The van der Waals surface area contributed by atoms with Crippen molar-refractivity contribution in [1.82, 2.24) is 35.5 Å². The zero-order valence-electron chi connectivity index (χ0n) is 21.1. The lowest BCUT2D eigenvalue weighted by atomic mass is 10.1. The maximum absolute atomic E-state index is 6.00. The van der Waals surface area contributed by atoms with Gasteiger partial charge < -0.3 is 20.7 Å². The van der Waals surface area contributed by atoms with Crippen molar-refractivity contribution in [3.8, 4) is 0 Å². The van der Waals surface area contributed by atoms with Crippen molar-refractivity contribution in [3.05, 3.63) is 95.3 Å². The second-order valence-electron chi connectivity index (χ2n) is 9.69. The molecular formula is C28H31N9O. The van der Waals surface area contributed by atoms with E-state index in [0.29, 0.717) is 43.7 Å². The smallest absolute Gasteiger partial charge is 0.203 e. The number of pyridine rings is 1. The number of hydrogen-bond acceptors (Lipinski definition) is 8. The fourth-order valence-electron chi connectivity index (χ4n) is 4.96. The van der Waals surface area contributed by atoms with E-state index in [9.17, 15) is 0 Å². The number of aromatic nitrogens is 6. The van der Waals surface area contributed by atoms with E-state index in [4.69, 9.17) is 10.5 Å². The number of nitrogens with zero attached hydrogens (tertiary/aromatic N) is 6. The van der Waals surface area contributed by atoms with Gasteiger partial charge in [-0.05, 0) is 40.5 Å². The Balaban J connectivity index is 1.07. The van der Waals surface area contributed by atoms with Crippen molar-refractivity contribution in [2.24, 2.45) is 0 Å². The van der Waals surface area contributed by atoms with Crippen molar-refractivity contribution in [3.63, 3.8) is 0 Å². The summed E-state index contributed by atoms with van der Waals surface area (Å²) in [6.07, 6.45) is 4.62. The minimum Gasteiger partial charge on any atom is -0.384 e. The Morgan fingerprint density at radius 2 is 1.89 bits per heavy atom. The standard InChI is InChI=1S/C28H31N9O/c29-26-13-23(27-28(32-26)34-35-33-27)11-22-14-31-37(16-22)15-21-7-4-8-25(12-21)36-10-9-30-24(17-36)19-38-18-20-5-2-1-3-6-20/h1-8,12-14,16,24,30H,9-11,15,17-19H2,(H3,29,32,33,34,35)/t24-/m1/s1. The summed E-state index contributed by atoms with van der Waals surface area (Å²) in [7, 11) is 0. The average Bonchev–Trinajstić information content (AvgIpc) is 3.59. The van der Waals surface area contributed by atoms with Crippen LogP contribution >= 0.6 is 0 Å². The Morgan fingerprint density at radius 3 is 2.82 bits per heavy atom. The van der Waals surface area contributed by atoms with Crippen molar-refractivity contribution in [2.45, 2.75) is 25.6 Å². The molecule has 3 aromatic heterocycles. The molecule has 10 heteroatoms. The molecule has 10 nitrogen and oxygen atoms in total. The van der Waals surface area contributed by atoms with Gasteiger partial charge in [0.2, 0.25) is 5.65 Å². The van der Waals surface area contributed by atoms with Gasteiger partial charge in [-0.2, -0.15) is 15.4 Å². The molecule has 5 aromatic rings. The summed E-state index contributed by atoms with van der Waals surface area (Å²) >= 11 is 0. The highest BCUT2D eigenvalue weighted by Gasteiger charge is 2.20. The SMILES string of the molecule is Nc1cc(Cc2cnn(Cc3cccc(N4CCN[C@@H](COCc5ccccc5)C4)c3)c2)c2n[nH]nc2n1. The lowest BCUT2D eigenvalue weighted by molar-refractivity contribution is 0.0971. The molecule has 38 heavy (non-hydrogen) atoms.